The Morgan fingerprint density at radius 2 is 2.13 bits per heavy atom. The standard InChI is InChI=1S/C11H20N2O2/c14-11(13-6-4-12-5-7-13)9-10-3-1-2-8-15-10/h10,12H,1-9H2. The van der Waals surface area contributed by atoms with E-state index in [1.54, 1.807) is 0 Å². The molecule has 0 spiro atoms. The van der Waals surface area contributed by atoms with Crippen LogP contribution >= 0.6 is 0 Å². The van der Waals surface area contributed by atoms with Crippen LogP contribution in [0.25, 0.3) is 0 Å². The Kier molecular flexibility index (Phi) is 3.97. The molecular weight excluding hydrogens is 192 g/mol. The van der Waals surface area contributed by atoms with E-state index in [1.165, 1.54) is 6.42 Å². The zero-order valence-electron chi connectivity index (χ0n) is 9.21. The number of rotatable bonds is 2. The van der Waals surface area contributed by atoms with E-state index in [2.05, 4.69) is 5.32 Å². The number of hydrogen-bond donors (Lipinski definition) is 1. The molecule has 1 atom stereocenters. The lowest BCUT2D eigenvalue weighted by molar-refractivity contribution is -0.135. The minimum Gasteiger partial charge on any atom is -0.378 e. The number of ether oxygens (including phenoxy) is 1. The third kappa shape index (κ3) is 3.18. The van der Waals surface area contributed by atoms with E-state index in [4.69, 9.17) is 4.74 Å². The van der Waals surface area contributed by atoms with Crippen molar-refractivity contribution in [2.75, 3.05) is 32.8 Å². The third-order valence-corrected chi connectivity index (χ3v) is 3.15. The van der Waals surface area contributed by atoms with Crippen LogP contribution < -0.4 is 5.32 Å². The molecule has 1 N–H and O–H groups in total. The molecule has 0 bridgehead atoms. The summed E-state index contributed by atoms with van der Waals surface area (Å²) in [5.74, 6) is 0.267. The van der Waals surface area contributed by atoms with Gasteiger partial charge in [0.1, 0.15) is 0 Å². The van der Waals surface area contributed by atoms with Crippen molar-refractivity contribution >= 4 is 5.91 Å². The average molecular weight is 212 g/mol. The molecule has 0 aromatic rings. The van der Waals surface area contributed by atoms with Gasteiger partial charge in [-0.15, -0.1) is 0 Å². The minimum atomic E-state index is 0.182. The normalized spacial score (nSPS) is 27.7. The van der Waals surface area contributed by atoms with E-state index in [1.807, 2.05) is 4.90 Å². The van der Waals surface area contributed by atoms with Gasteiger partial charge in [0, 0.05) is 32.8 Å². The van der Waals surface area contributed by atoms with Crippen molar-refractivity contribution in [3.63, 3.8) is 0 Å². The zero-order chi connectivity index (χ0) is 10.5. The molecule has 0 aromatic carbocycles. The Bertz CT molecular complexity index is 209. The summed E-state index contributed by atoms with van der Waals surface area (Å²) in [5.41, 5.74) is 0. The molecule has 2 fully saturated rings. The third-order valence-electron chi connectivity index (χ3n) is 3.15. The van der Waals surface area contributed by atoms with Crippen LogP contribution in [0.5, 0.6) is 0 Å². The van der Waals surface area contributed by atoms with Gasteiger partial charge < -0.3 is 15.0 Å². The van der Waals surface area contributed by atoms with Crippen LogP contribution in [-0.2, 0) is 9.53 Å². The molecule has 0 radical (unpaired) electrons. The van der Waals surface area contributed by atoms with E-state index >= 15 is 0 Å². The van der Waals surface area contributed by atoms with Crippen molar-refractivity contribution in [2.24, 2.45) is 0 Å². The first-order valence-corrected chi connectivity index (χ1v) is 5.96. The quantitative estimate of drug-likeness (QED) is 0.719. The summed E-state index contributed by atoms with van der Waals surface area (Å²) in [6.45, 7) is 4.39. The summed E-state index contributed by atoms with van der Waals surface area (Å²) < 4.78 is 5.58. The molecule has 86 valence electrons. The molecule has 1 unspecified atom stereocenters. The number of nitrogens with one attached hydrogen (secondary N) is 1. The Balaban J connectivity index is 1.74. The van der Waals surface area contributed by atoms with Crippen LogP contribution in [0.1, 0.15) is 25.7 Å². The summed E-state index contributed by atoms with van der Waals surface area (Å²) in [6.07, 6.45) is 4.18. The molecule has 2 heterocycles. The number of hydrogen-bond acceptors (Lipinski definition) is 3. The van der Waals surface area contributed by atoms with Gasteiger partial charge in [0.2, 0.25) is 5.91 Å². The lowest BCUT2D eigenvalue weighted by Gasteiger charge is -2.30. The molecule has 1 amide bonds. The molecular formula is C11H20N2O2. The molecule has 0 aliphatic carbocycles. The first-order valence-electron chi connectivity index (χ1n) is 5.96. The van der Waals surface area contributed by atoms with Crippen molar-refractivity contribution in [3.05, 3.63) is 0 Å². The van der Waals surface area contributed by atoms with Crippen LogP contribution in [0.3, 0.4) is 0 Å². The van der Waals surface area contributed by atoms with Crippen molar-refractivity contribution < 1.29 is 9.53 Å². The molecule has 15 heavy (non-hydrogen) atoms. The van der Waals surface area contributed by atoms with Crippen molar-refractivity contribution in [1.82, 2.24) is 10.2 Å². The van der Waals surface area contributed by atoms with Crippen LogP contribution in [0.4, 0.5) is 0 Å². The number of carbonyl (C=O) groups excluding carboxylic acids is 1. The lowest BCUT2D eigenvalue weighted by atomic mass is 10.1. The molecule has 4 heteroatoms. The van der Waals surface area contributed by atoms with Crippen molar-refractivity contribution in [1.29, 1.82) is 0 Å². The van der Waals surface area contributed by atoms with Gasteiger partial charge in [-0.2, -0.15) is 0 Å². The second kappa shape index (κ2) is 5.47. The number of piperazine rings is 1. The van der Waals surface area contributed by atoms with Gasteiger partial charge in [0.25, 0.3) is 0 Å². The highest BCUT2D eigenvalue weighted by Crippen LogP contribution is 2.16. The summed E-state index contributed by atoms with van der Waals surface area (Å²) >= 11 is 0. The smallest absolute Gasteiger partial charge is 0.225 e. The summed E-state index contributed by atoms with van der Waals surface area (Å²) in [6, 6.07) is 0. The Morgan fingerprint density at radius 3 is 2.80 bits per heavy atom. The molecule has 2 aliphatic rings. The van der Waals surface area contributed by atoms with Crippen LogP contribution in [0.15, 0.2) is 0 Å². The molecule has 2 rings (SSSR count). The predicted octanol–water partition coefficient (Wildman–Crippen LogP) is 0.377. The predicted molar refractivity (Wildman–Crippen MR) is 57.7 cm³/mol. The second-order valence-corrected chi connectivity index (χ2v) is 4.32. The highest BCUT2D eigenvalue weighted by atomic mass is 16.5. The maximum absolute atomic E-state index is 11.9. The van der Waals surface area contributed by atoms with E-state index < -0.39 is 0 Å². The van der Waals surface area contributed by atoms with E-state index in [9.17, 15) is 4.79 Å². The monoisotopic (exact) mass is 212 g/mol. The Morgan fingerprint density at radius 1 is 1.33 bits per heavy atom. The van der Waals surface area contributed by atoms with Crippen LogP contribution in [0, 0.1) is 0 Å². The topological polar surface area (TPSA) is 41.6 Å². The maximum Gasteiger partial charge on any atom is 0.225 e. The highest BCUT2D eigenvalue weighted by molar-refractivity contribution is 5.76. The Hall–Kier alpha value is -0.610. The fourth-order valence-electron chi connectivity index (χ4n) is 2.21. The van der Waals surface area contributed by atoms with E-state index in [0.29, 0.717) is 6.42 Å². The largest absolute Gasteiger partial charge is 0.378 e. The molecule has 2 saturated heterocycles. The van der Waals surface area contributed by atoms with Crippen LogP contribution in [0.2, 0.25) is 0 Å². The summed E-state index contributed by atoms with van der Waals surface area (Å²) in [5, 5.41) is 3.25. The van der Waals surface area contributed by atoms with E-state index in [-0.39, 0.29) is 12.0 Å². The highest BCUT2D eigenvalue weighted by Gasteiger charge is 2.22. The molecule has 0 saturated carbocycles. The van der Waals surface area contributed by atoms with Gasteiger partial charge in [0.15, 0.2) is 0 Å². The maximum atomic E-state index is 11.9. The molecule has 0 aromatic heterocycles. The average Bonchev–Trinajstić information content (AvgIpc) is 2.31. The first kappa shape index (κ1) is 10.9. The van der Waals surface area contributed by atoms with Gasteiger partial charge in [-0.25, -0.2) is 0 Å². The summed E-state index contributed by atoms with van der Waals surface area (Å²) in [7, 11) is 0. The molecule has 4 nitrogen and oxygen atoms in total. The SMILES string of the molecule is O=C(CC1CCCCO1)N1CCNCC1. The lowest BCUT2D eigenvalue weighted by Crippen LogP contribution is -2.47. The van der Waals surface area contributed by atoms with Gasteiger partial charge in [0.05, 0.1) is 12.5 Å². The van der Waals surface area contributed by atoms with Crippen molar-refractivity contribution in [2.45, 2.75) is 31.8 Å². The van der Waals surface area contributed by atoms with Gasteiger partial charge >= 0.3 is 0 Å². The minimum absolute atomic E-state index is 0.182. The van der Waals surface area contributed by atoms with E-state index in [0.717, 1.165) is 45.6 Å². The van der Waals surface area contributed by atoms with Gasteiger partial charge in [-0.1, -0.05) is 0 Å². The number of amides is 1. The second-order valence-electron chi connectivity index (χ2n) is 4.32. The van der Waals surface area contributed by atoms with Crippen molar-refractivity contribution in [3.8, 4) is 0 Å². The number of carbonyl (C=O) groups is 1. The Labute approximate surface area is 91.0 Å². The summed E-state index contributed by atoms with van der Waals surface area (Å²) in [4.78, 5) is 13.8. The van der Waals surface area contributed by atoms with Crippen LogP contribution in [-0.4, -0.2) is 49.7 Å². The fourth-order valence-corrected chi connectivity index (χ4v) is 2.21. The van der Waals surface area contributed by atoms with Gasteiger partial charge in [-0.3, -0.25) is 4.79 Å². The first-order chi connectivity index (χ1) is 7.36. The van der Waals surface area contributed by atoms with Gasteiger partial charge in [-0.05, 0) is 19.3 Å². The number of nitrogens with zero attached hydrogens (tertiary/aromatic N) is 1. The molecule has 2 aliphatic heterocycles. The fraction of sp³-hybridized carbons (Fsp3) is 0.909. The zero-order valence-corrected chi connectivity index (χ0v) is 9.21.